The molecule has 6 heteroatoms. The SMILES string of the molecule is CCc1ccccc1N(CC)S(=O)(=O)c1ccc2c(c1)OCCO2. The van der Waals surface area contributed by atoms with Gasteiger partial charge >= 0.3 is 0 Å². The fourth-order valence-corrected chi connectivity index (χ4v) is 4.36. The van der Waals surface area contributed by atoms with Crippen molar-refractivity contribution in [1.29, 1.82) is 0 Å². The molecule has 0 fully saturated rings. The van der Waals surface area contributed by atoms with Gasteiger partial charge in [-0.15, -0.1) is 0 Å². The second kappa shape index (κ2) is 6.73. The van der Waals surface area contributed by atoms with E-state index in [-0.39, 0.29) is 4.90 Å². The topological polar surface area (TPSA) is 55.8 Å². The van der Waals surface area contributed by atoms with Crippen molar-refractivity contribution in [2.75, 3.05) is 24.1 Å². The zero-order chi connectivity index (χ0) is 17.2. The molecule has 3 rings (SSSR count). The first-order chi connectivity index (χ1) is 11.6. The monoisotopic (exact) mass is 347 g/mol. The predicted molar refractivity (Wildman–Crippen MR) is 93.5 cm³/mol. The van der Waals surface area contributed by atoms with Crippen molar-refractivity contribution in [3.05, 3.63) is 48.0 Å². The van der Waals surface area contributed by atoms with Crippen LogP contribution in [-0.4, -0.2) is 28.2 Å². The second-order valence-electron chi connectivity index (χ2n) is 5.46. The van der Waals surface area contributed by atoms with Gasteiger partial charge in [0.25, 0.3) is 10.0 Å². The van der Waals surface area contributed by atoms with Crippen LogP contribution >= 0.6 is 0 Å². The Bertz CT molecular complexity index is 833. The van der Waals surface area contributed by atoms with Crippen LogP contribution in [0.5, 0.6) is 11.5 Å². The first kappa shape index (κ1) is 16.6. The molecule has 0 radical (unpaired) electrons. The van der Waals surface area contributed by atoms with E-state index in [1.807, 2.05) is 38.1 Å². The number of rotatable bonds is 5. The minimum absolute atomic E-state index is 0.208. The smallest absolute Gasteiger partial charge is 0.264 e. The Morgan fingerprint density at radius 2 is 1.71 bits per heavy atom. The van der Waals surface area contributed by atoms with Crippen LogP contribution in [0.15, 0.2) is 47.4 Å². The number of para-hydroxylation sites is 1. The lowest BCUT2D eigenvalue weighted by molar-refractivity contribution is 0.171. The lowest BCUT2D eigenvalue weighted by Crippen LogP contribution is -2.31. The van der Waals surface area contributed by atoms with Gasteiger partial charge in [0.1, 0.15) is 13.2 Å². The molecular formula is C18H21NO4S. The van der Waals surface area contributed by atoms with Crippen molar-refractivity contribution >= 4 is 15.7 Å². The van der Waals surface area contributed by atoms with Crippen molar-refractivity contribution in [2.45, 2.75) is 25.2 Å². The van der Waals surface area contributed by atoms with Crippen molar-refractivity contribution in [2.24, 2.45) is 0 Å². The summed E-state index contributed by atoms with van der Waals surface area (Å²) in [5.41, 5.74) is 1.72. The molecule has 0 amide bonds. The van der Waals surface area contributed by atoms with Gasteiger partial charge in [-0.1, -0.05) is 25.1 Å². The van der Waals surface area contributed by atoms with Gasteiger partial charge in [-0.05, 0) is 37.1 Å². The molecule has 1 heterocycles. The standard InChI is InChI=1S/C18H21NO4S/c1-3-14-7-5-6-8-16(14)19(4-2)24(20,21)15-9-10-17-18(13-15)23-12-11-22-17/h5-10,13H,3-4,11-12H2,1-2H3. The Labute approximate surface area is 142 Å². The molecule has 24 heavy (non-hydrogen) atoms. The molecule has 0 aromatic heterocycles. The zero-order valence-electron chi connectivity index (χ0n) is 13.9. The Balaban J connectivity index is 2.05. The Kier molecular flexibility index (Phi) is 4.66. The van der Waals surface area contributed by atoms with Crippen LogP contribution < -0.4 is 13.8 Å². The largest absolute Gasteiger partial charge is 0.486 e. The highest BCUT2D eigenvalue weighted by atomic mass is 32.2. The number of fused-ring (bicyclic) bond motifs is 1. The van der Waals surface area contributed by atoms with Gasteiger partial charge in [0.2, 0.25) is 0 Å². The van der Waals surface area contributed by atoms with E-state index in [1.165, 1.54) is 4.31 Å². The van der Waals surface area contributed by atoms with Gasteiger partial charge in [-0.25, -0.2) is 8.42 Å². The third-order valence-corrected chi connectivity index (χ3v) is 5.91. The Morgan fingerprint density at radius 1 is 1.00 bits per heavy atom. The summed E-state index contributed by atoms with van der Waals surface area (Å²) in [4.78, 5) is 0.208. The summed E-state index contributed by atoms with van der Waals surface area (Å²) in [6.45, 7) is 5.11. The van der Waals surface area contributed by atoms with E-state index in [1.54, 1.807) is 18.2 Å². The van der Waals surface area contributed by atoms with Gasteiger partial charge in [-0.2, -0.15) is 0 Å². The molecule has 128 valence electrons. The van der Waals surface area contributed by atoms with Gasteiger partial charge in [0.05, 0.1) is 10.6 Å². The Hall–Kier alpha value is -2.21. The van der Waals surface area contributed by atoms with E-state index < -0.39 is 10.0 Å². The van der Waals surface area contributed by atoms with Crippen molar-refractivity contribution in [3.8, 4) is 11.5 Å². The molecule has 0 unspecified atom stereocenters. The summed E-state index contributed by atoms with van der Waals surface area (Å²) in [6.07, 6.45) is 0.767. The molecule has 0 aliphatic carbocycles. The predicted octanol–water partition coefficient (Wildman–Crippen LogP) is 3.24. The molecular weight excluding hydrogens is 326 g/mol. The molecule has 2 aromatic carbocycles. The van der Waals surface area contributed by atoms with E-state index in [0.717, 1.165) is 17.7 Å². The van der Waals surface area contributed by atoms with E-state index in [0.29, 0.717) is 31.3 Å². The molecule has 5 nitrogen and oxygen atoms in total. The number of hydrogen-bond acceptors (Lipinski definition) is 4. The third kappa shape index (κ3) is 2.94. The Morgan fingerprint density at radius 3 is 2.42 bits per heavy atom. The summed E-state index contributed by atoms with van der Waals surface area (Å²) in [5, 5.41) is 0. The lowest BCUT2D eigenvalue weighted by atomic mass is 10.1. The summed E-state index contributed by atoms with van der Waals surface area (Å²) in [7, 11) is -3.67. The van der Waals surface area contributed by atoms with Crippen LogP contribution in [0.1, 0.15) is 19.4 Å². The molecule has 0 bridgehead atoms. The van der Waals surface area contributed by atoms with Crippen LogP contribution in [0, 0.1) is 0 Å². The number of anilines is 1. The highest BCUT2D eigenvalue weighted by Gasteiger charge is 2.27. The van der Waals surface area contributed by atoms with Gasteiger partial charge in [-0.3, -0.25) is 4.31 Å². The maximum Gasteiger partial charge on any atom is 0.264 e. The summed E-state index contributed by atoms with van der Waals surface area (Å²) in [6, 6.07) is 12.3. The highest BCUT2D eigenvalue weighted by Crippen LogP contribution is 2.34. The average Bonchev–Trinajstić information content (AvgIpc) is 2.62. The number of benzene rings is 2. The zero-order valence-corrected chi connectivity index (χ0v) is 14.7. The highest BCUT2D eigenvalue weighted by molar-refractivity contribution is 7.92. The summed E-state index contributed by atoms with van der Waals surface area (Å²) in [5.74, 6) is 1.05. The van der Waals surface area contributed by atoms with E-state index in [4.69, 9.17) is 9.47 Å². The van der Waals surface area contributed by atoms with Crippen LogP contribution in [0.4, 0.5) is 5.69 Å². The van der Waals surface area contributed by atoms with Gasteiger partial charge < -0.3 is 9.47 Å². The maximum absolute atomic E-state index is 13.1. The quantitative estimate of drug-likeness (QED) is 0.833. The van der Waals surface area contributed by atoms with E-state index in [2.05, 4.69) is 0 Å². The first-order valence-electron chi connectivity index (χ1n) is 8.08. The fraction of sp³-hybridized carbons (Fsp3) is 0.333. The van der Waals surface area contributed by atoms with Crippen LogP contribution in [0.25, 0.3) is 0 Å². The van der Waals surface area contributed by atoms with E-state index in [9.17, 15) is 8.42 Å². The molecule has 0 N–H and O–H groups in total. The van der Waals surface area contributed by atoms with Crippen LogP contribution in [0.3, 0.4) is 0 Å². The number of sulfonamides is 1. The average molecular weight is 347 g/mol. The molecule has 0 saturated carbocycles. The van der Waals surface area contributed by atoms with Crippen molar-refractivity contribution in [1.82, 2.24) is 0 Å². The number of aryl methyl sites for hydroxylation is 1. The van der Waals surface area contributed by atoms with Gasteiger partial charge in [0.15, 0.2) is 11.5 Å². The minimum Gasteiger partial charge on any atom is -0.486 e. The first-order valence-corrected chi connectivity index (χ1v) is 9.52. The molecule has 1 aliphatic heterocycles. The normalized spacial score (nSPS) is 13.6. The maximum atomic E-state index is 13.1. The lowest BCUT2D eigenvalue weighted by Gasteiger charge is -2.26. The molecule has 2 aromatic rings. The minimum atomic E-state index is -3.67. The second-order valence-corrected chi connectivity index (χ2v) is 7.32. The molecule has 0 spiro atoms. The fourth-order valence-electron chi connectivity index (χ4n) is 2.83. The molecule has 0 saturated heterocycles. The van der Waals surface area contributed by atoms with Crippen LogP contribution in [-0.2, 0) is 16.4 Å². The number of hydrogen-bond donors (Lipinski definition) is 0. The van der Waals surface area contributed by atoms with Crippen molar-refractivity contribution < 1.29 is 17.9 Å². The van der Waals surface area contributed by atoms with Gasteiger partial charge in [0, 0.05) is 12.6 Å². The van der Waals surface area contributed by atoms with Crippen molar-refractivity contribution in [3.63, 3.8) is 0 Å². The summed E-state index contributed by atoms with van der Waals surface area (Å²) < 4.78 is 38.7. The third-order valence-electron chi connectivity index (χ3n) is 4.03. The molecule has 0 atom stereocenters. The number of nitrogens with zero attached hydrogens (tertiary/aromatic N) is 1. The number of ether oxygens (including phenoxy) is 2. The van der Waals surface area contributed by atoms with Crippen LogP contribution in [0.2, 0.25) is 0 Å². The summed E-state index contributed by atoms with van der Waals surface area (Å²) >= 11 is 0. The van der Waals surface area contributed by atoms with E-state index >= 15 is 0 Å². The molecule has 1 aliphatic rings.